The summed E-state index contributed by atoms with van der Waals surface area (Å²) < 4.78 is 1.77. The highest BCUT2D eigenvalue weighted by atomic mass is 32.2. The molecule has 1 aromatic rings. The highest BCUT2D eigenvalue weighted by molar-refractivity contribution is 7.99. The molecule has 0 N–H and O–H groups in total. The molecular formula is C8H11N3S. The molecule has 12 heavy (non-hydrogen) atoms. The first-order valence-electron chi connectivity index (χ1n) is 3.77. The fourth-order valence-electron chi connectivity index (χ4n) is 1.07. The fourth-order valence-corrected chi connectivity index (χ4v) is 1.91. The lowest BCUT2D eigenvalue weighted by molar-refractivity contribution is 0.692. The van der Waals surface area contributed by atoms with Gasteiger partial charge in [0, 0.05) is 7.05 Å². The molecule has 1 heterocycles. The lowest BCUT2D eigenvalue weighted by Gasteiger charge is -1.97. The number of thioether (sulfide) groups is 1. The van der Waals surface area contributed by atoms with E-state index in [4.69, 9.17) is 5.26 Å². The van der Waals surface area contributed by atoms with Crippen LogP contribution in [0.2, 0.25) is 0 Å². The van der Waals surface area contributed by atoms with Crippen LogP contribution in [0, 0.1) is 18.3 Å². The van der Waals surface area contributed by atoms with E-state index in [1.54, 1.807) is 16.4 Å². The van der Waals surface area contributed by atoms with Gasteiger partial charge in [-0.05, 0) is 12.7 Å². The highest BCUT2D eigenvalue weighted by Crippen LogP contribution is 2.23. The number of nitriles is 1. The van der Waals surface area contributed by atoms with Gasteiger partial charge in [-0.2, -0.15) is 10.4 Å². The smallest absolute Gasteiger partial charge is 0.112 e. The largest absolute Gasteiger partial charge is 0.260 e. The van der Waals surface area contributed by atoms with Crippen LogP contribution in [0.25, 0.3) is 0 Å². The Morgan fingerprint density at radius 3 is 2.83 bits per heavy atom. The van der Waals surface area contributed by atoms with Gasteiger partial charge in [0.05, 0.1) is 5.69 Å². The Balaban J connectivity index is 3.16. The molecule has 1 rings (SSSR count). The summed E-state index contributed by atoms with van der Waals surface area (Å²) in [5.41, 5.74) is 1.53. The molecule has 0 aliphatic rings. The zero-order valence-corrected chi connectivity index (χ0v) is 8.27. The van der Waals surface area contributed by atoms with Crippen LogP contribution in [-0.4, -0.2) is 15.5 Å². The topological polar surface area (TPSA) is 41.6 Å². The summed E-state index contributed by atoms with van der Waals surface area (Å²) in [7, 11) is 1.87. The van der Waals surface area contributed by atoms with E-state index in [0.717, 1.165) is 16.5 Å². The minimum Gasteiger partial charge on any atom is -0.260 e. The van der Waals surface area contributed by atoms with Crippen LogP contribution >= 0.6 is 11.8 Å². The first kappa shape index (κ1) is 9.14. The van der Waals surface area contributed by atoms with E-state index >= 15 is 0 Å². The summed E-state index contributed by atoms with van der Waals surface area (Å²) in [4.78, 5) is 0. The number of nitrogens with zero attached hydrogens (tertiary/aromatic N) is 3. The lowest BCUT2D eigenvalue weighted by Crippen LogP contribution is -1.92. The average Bonchev–Trinajstić information content (AvgIpc) is 2.28. The standard InChI is InChI=1S/C8H11N3S/c1-4-12-8-7(5-9)6(2)10-11(8)3/h4H2,1-3H3. The Morgan fingerprint density at radius 2 is 2.33 bits per heavy atom. The fraction of sp³-hybridized carbons (Fsp3) is 0.500. The molecule has 3 nitrogen and oxygen atoms in total. The summed E-state index contributed by atoms with van der Waals surface area (Å²) in [6, 6.07) is 2.17. The maximum absolute atomic E-state index is 8.82. The molecule has 0 fully saturated rings. The molecule has 1 aromatic heterocycles. The molecule has 0 spiro atoms. The van der Waals surface area contributed by atoms with Gasteiger partial charge in [-0.25, -0.2) is 0 Å². The minimum atomic E-state index is 0.712. The van der Waals surface area contributed by atoms with Crippen molar-refractivity contribution < 1.29 is 0 Å². The highest BCUT2D eigenvalue weighted by Gasteiger charge is 2.11. The summed E-state index contributed by atoms with van der Waals surface area (Å²) in [5, 5.41) is 14.0. The van der Waals surface area contributed by atoms with E-state index in [1.165, 1.54) is 0 Å². The predicted octanol–water partition coefficient (Wildman–Crippen LogP) is 1.71. The van der Waals surface area contributed by atoms with E-state index in [1.807, 2.05) is 14.0 Å². The second-order valence-corrected chi connectivity index (χ2v) is 3.69. The molecule has 0 saturated heterocycles. The van der Waals surface area contributed by atoms with Crippen LogP contribution in [-0.2, 0) is 7.05 Å². The molecule has 0 amide bonds. The molecule has 0 radical (unpaired) electrons. The van der Waals surface area contributed by atoms with Gasteiger partial charge in [0.1, 0.15) is 16.7 Å². The van der Waals surface area contributed by atoms with Crippen LogP contribution < -0.4 is 0 Å². The van der Waals surface area contributed by atoms with Crippen LogP contribution in [0.15, 0.2) is 5.03 Å². The molecule has 4 heteroatoms. The van der Waals surface area contributed by atoms with Gasteiger partial charge in [-0.3, -0.25) is 4.68 Å². The van der Waals surface area contributed by atoms with Gasteiger partial charge in [0.25, 0.3) is 0 Å². The third-order valence-corrected chi connectivity index (χ3v) is 2.59. The molecule has 0 unspecified atom stereocenters. The van der Waals surface area contributed by atoms with E-state index in [-0.39, 0.29) is 0 Å². The van der Waals surface area contributed by atoms with Crippen molar-refractivity contribution in [3.05, 3.63) is 11.3 Å². The van der Waals surface area contributed by atoms with Crippen molar-refractivity contribution in [2.24, 2.45) is 7.05 Å². The summed E-state index contributed by atoms with van der Waals surface area (Å²) in [6.45, 7) is 3.92. The SMILES string of the molecule is CCSc1c(C#N)c(C)nn1C. The van der Waals surface area contributed by atoms with Crippen molar-refractivity contribution >= 4 is 11.8 Å². The number of aromatic nitrogens is 2. The van der Waals surface area contributed by atoms with Crippen LogP contribution in [0.3, 0.4) is 0 Å². The Bertz CT molecular complexity index is 322. The number of hydrogen-bond donors (Lipinski definition) is 0. The summed E-state index contributed by atoms with van der Waals surface area (Å²) in [6.07, 6.45) is 0. The average molecular weight is 181 g/mol. The van der Waals surface area contributed by atoms with Crippen molar-refractivity contribution in [1.29, 1.82) is 5.26 Å². The van der Waals surface area contributed by atoms with Crippen molar-refractivity contribution in [1.82, 2.24) is 9.78 Å². The second-order valence-electron chi connectivity index (χ2n) is 2.43. The second kappa shape index (κ2) is 3.63. The van der Waals surface area contributed by atoms with Gasteiger partial charge >= 0.3 is 0 Å². The molecule has 0 aliphatic carbocycles. The Morgan fingerprint density at radius 1 is 1.67 bits per heavy atom. The van der Waals surface area contributed by atoms with E-state index in [2.05, 4.69) is 18.1 Å². The maximum Gasteiger partial charge on any atom is 0.112 e. The molecule has 0 aromatic carbocycles. The van der Waals surface area contributed by atoms with Crippen molar-refractivity contribution in [2.45, 2.75) is 18.9 Å². The number of rotatable bonds is 2. The Labute approximate surface area is 76.4 Å². The van der Waals surface area contributed by atoms with Crippen molar-refractivity contribution in [2.75, 3.05) is 5.75 Å². The first-order valence-corrected chi connectivity index (χ1v) is 4.75. The predicted molar refractivity (Wildman–Crippen MR) is 49.1 cm³/mol. The van der Waals surface area contributed by atoms with Gasteiger partial charge < -0.3 is 0 Å². The van der Waals surface area contributed by atoms with E-state index in [9.17, 15) is 0 Å². The maximum atomic E-state index is 8.82. The van der Waals surface area contributed by atoms with Gasteiger partial charge in [-0.15, -0.1) is 11.8 Å². The van der Waals surface area contributed by atoms with Gasteiger partial charge in [-0.1, -0.05) is 6.92 Å². The quantitative estimate of drug-likeness (QED) is 0.652. The molecule has 0 atom stereocenters. The molecule has 0 saturated carbocycles. The zero-order chi connectivity index (χ0) is 9.14. The summed E-state index contributed by atoms with van der Waals surface area (Å²) >= 11 is 1.65. The third-order valence-electron chi connectivity index (χ3n) is 1.56. The zero-order valence-electron chi connectivity index (χ0n) is 7.46. The first-order chi connectivity index (χ1) is 5.70. The molecule has 0 aliphatic heterocycles. The monoisotopic (exact) mass is 181 g/mol. The Hall–Kier alpha value is -0.950. The van der Waals surface area contributed by atoms with Crippen molar-refractivity contribution in [3.63, 3.8) is 0 Å². The Kier molecular flexibility index (Phi) is 2.77. The normalized spacial score (nSPS) is 9.83. The van der Waals surface area contributed by atoms with Crippen molar-refractivity contribution in [3.8, 4) is 6.07 Å². The van der Waals surface area contributed by atoms with E-state index < -0.39 is 0 Å². The lowest BCUT2D eigenvalue weighted by atomic mass is 10.3. The van der Waals surface area contributed by atoms with E-state index in [0.29, 0.717) is 5.56 Å². The molecule has 0 bridgehead atoms. The summed E-state index contributed by atoms with van der Waals surface area (Å²) in [5.74, 6) is 0.966. The van der Waals surface area contributed by atoms with Gasteiger partial charge in [0.2, 0.25) is 0 Å². The van der Waals surface area contributed by atoms with Crippen LogP contribution in [0.4, 0.5) is 0 Å². The van der Waals surface area contributed by atoms with Crippen LogP contribution in [0.1, 0.15) is 18.2 Å². The minimum absolute atomic E-state index is 0.712. The van der Waals surface area contributed by atoms with Gasteiger partial charge in [0.15, 0.2) is 0 Å². The number of aryl methyl sites for hydroxylation is 2. The third kappa shape index (κ3) is 1.46. The number of hydrogen-bond acceptors (Lipinski definition) is 3. The molecular weight excluding hydrogens is 170 g/mol. The molecule has 64 valence electrons. The van der Waals surface area contributed by atoms with Crippen LogP contribution in [0.5, 0.6) is 0 Å².